The van der Waals surface area contributed by atoms with Gasteiger partial charge in [-0.1, -0.05) is 6.92 Å². The molecule has 2 rings (SSSR count). The minimum Gasteiger partial charge on any atom is -0.305 e. The van der Waals surface area contributed by atoms with Crippen LogP contribution in [0.2, 0.25) is 0 Å². The third kappa shape index (κ3) is 3.32. The van der Waals surface area contributed by atoms with Crippen molar-refractivity contribution in [3.05, 3.63) is 47.3 Å². The van der Waals surface area contributed by atoms with Crippen LogP contribution in [0.25, 0.3) is 0 Å². The fourth-order valence-corrected chi connectivity index (χ4v) is 1.98. The molecule has 0 radical (unpaired) electrons. The second-order valence-corrected chi connectivity index (χ2v) is 4.54. The van der Waals surface area contributed by atoms with E-state index in [9.17, 15) is 0 Å². The van der Waals surface area contributed by atoms with Crippen molar-refractivity contribution in [1.29, 1.82) is 0 Å². The second kappa shape index (κ2) is 6.33. The van der Waals surface area contributed by atoms with Gasteiger partial charge in [0.05, 0.1) is 29.3 Å². The maximum absolute atomic E-state index is 4.41. The van der Waals surface area contributed by atoms with Gasteiger partial charge < -0.3 is 5.32 Å². The van der Waals surface area contributed by atoms with Crippen LogP contribution in [0.3, 0.4) is 0 Å². The zero-order valence-corrected chi connectivity index (χ0v) is 11.6. The molecule has 0 saturated heterocycles. The zero-order chi connectivity index (χ0) is 13.7. The van der Waals surface area contributed by atoms with Crippen molar-refractivity contribution in [2.24, 2.45) is 0 Å². The number of aryl methyl sites for hydroxylation is 2. The number of hydrogen-bond acceptors (Lipinski definition) is 5. The molecule has 0 aromatic carbocycles. The first-order chi connectivity index (χ1) is 9.22. The Labute approximate surface area is 113 Å². The van der Waals surface area contributed by atoms with E-state index in [0.29, 0.717) is 0 Å². The molecule has 2 aromatic rings. The second-order valence-electron chi connectivity index (χ2n) is 4.54. The Morgan fingerprint density at radius 2 is 2.05 bits per heavy atom. The molecule has 100 valence electrons. The highest BCUT2D eigenvalue weighted by atomic mass is 15.1. The summed E-state index contributed by atoms with van der Waals surface area (Å²) < 4.78 is 0. The van der Waals surface area contributed by atoms with E-state index in [4.69, 9.17) is 0 Å². The smallest absolute Gasteiger partial charge is 0.0802 e. The lowest BCUT2D eigenvalue weighted by molar-refractivity contribution is 0.577. The van der Waals surface area contributed by atoms with Gasteiger partial charge in [0, 0.05) is 18.0 Å². The topological polar surface area (TPSA) is 63.6 Å². The number of nitrogens with zero attached hydrogens (tertiary/aromatic N) is 4. The first-order valence-electron chi connectivity index (χ1n) is 6.52. The molecule has 19 heavy (non-hydrogen) atoms. The number of nitrogens with one attached hydrogen (secondary N) is 1. The normalized spacial score (nSPS) is 12.4. The average Bonchev–Trinajstić information content (AvgIpc) is 2.44. The lowest BCUT2D eigenvalue weighted by atomic mass is 10.0. The maximum atomic E-state index is 4.41. The Balaban J connectivity index is 2.40. The van der Waals surface area contributed by atoms with E-state index in [1.54, 1.807) is 18.6 Å². The summed E-state index contributed by atoms with van der Waals surface area (Å²) in [6.07, 6.45) is 6.26. The Hall–Kier alpha value is -1.88. The number of aromatic nitrogens is 4. The lowest BCUT2D eigenvalue weighted by Crippen LogP contribution is -2.25. The van der Waals surface area contributed by atoms with E-state index in [1.165, 1.54) is 0 Å². The summed E-state index contributed by atoms with van der Waals surface area (Å²) >= 11 is 0. The van der Waals surface area contributed by atoms with Gasteiger partial charge in [-0.15, -0.1) is 0 Å². The van der Waals surface area contributed by atoms with Crippen LogP contribution in [-0.4, -0.2) is 26.7 Å². The van der Waals surface area contributed by atoms with Crippen LogP contribution in [0.4, 0.5) is 0 Å². The maximum Gasteiger partial charge on any atom is 0.0802 e. The van der Waals surface area contributed by atoms with E-state index in [-0.39, 0.29) is 6.04 Å². The highest BCUT2D eigenvalue weighted by molar-refractivity contribution is 5.30. The van der Waals surface area contributed by atoms with Gasteiger partial charge in [0.2, 0.25) is 0 Å². The van der Waals surface area contributed by atoms with Crippen molar-refractivity contribution in [3.63, 3.8) is 0 Å². The van der Waals surface area contributed by atoms with Crippen molar-refractivity contribution >= 4 is 0 Å². The molecule has 0 aliphatic rings. The summed E-state index contributed by atoms with van der Waals surface area (Å²) in [4.78, 5) is 8.56. The van der Waals surface area contributed by atoms with Crippen LogP contribution in [0.15, 0.2) is 24.7 Å². The van der Waals surface area contributed by atoms with Gasteiger partial charge in [-0.3, -0.25) is 9.97 Å². The van der Waals surface area contributed by atoms with Gasteiger partial charge in [-0.05, 0) is 32.9 Å². The quantitative estimate of drug-likeness (QED) is 0.887. The minimum absolute atomic E-state index is 0.0165. The van der Waals surface area contributed by atoms with Gasteiger partial charge in [-0.25, -0.2) is 0 Å². The largest absolute Gasteiger partial charge is 0.305 e. The Morgan fingerprint density at radius 3 is 2.74 bits per heavy atom. The Kier molecular flexibility index (Phi) is 4.52. The van der Waals surface area contributed by atoms with Gasteiger partial charge in [0.25, 0.3) is 0 Å². The van der Waals surface area contributed by atoms with Crippen molar-refractivity contribution < 1.29 is 0 Å². The highest BCUT2D eigenvalue weighted by Gasteiger charge is 2.18. The fourth-order valence-electron chi connectivity index (χ4n) is 1.98. The Bertz CT molecular complexity index is 527. The summed E-state index contributed by atoms with van der Waals surface area (Å²) in [7, 11) is 0. The molecule has 2 aromatic heterocycles. The molecular weight excluding hydrogens is 238 g/mol. The molecule has 5 heteroatoms. The third-order valence-electron chi connectivity index (χ3n) is 2.93. The summed E-state index contributed by atoms with van der Waals surface area (Å²) in [5.41, 5.74) is 3.85. The molecule has 5 nitrogen and oxygen atoms in total. The first-order valence-corrected chi connectivity index (χ1v) is 6.52. The predicted molar refractivity (Wildman–Crippen MR) is 73.7 cm³/mol. The molecule has 1 N–H and O–H groups in total. The summed E-state index contributed by atoms with van der Waals surface area (Å²) in [6, 6.07) is 2.08. The SMILES string of the molecule is CCCNC(c1cnccn1)c1cc(C)nnc1C. The van der Waals surface area contributed by atoms with Crippen LogP contribution in [-0.2, 0) is 0 Å². The monoisotopic (exact) mass is 257 g/mol. The van der Waals surface area contributed by atoms with E-state index >= 15 is 0 Å². The standard InChI is InChI=1S/C14H19N5/c1-4-5-17-14(13-9-15-6-7-16-13)12-8-10(2)18-19-11(12)3/h6-9,14,17H,4-5H2,1-3H3. The van der Waals surface area contributed by atoms with E-state index in [2.05, 4.69) is 38.5 Å². The van der Waals surface area contributed by atoms with Crippen molar-refractivity contribution in [2.45, 2.75) is 33.2 Å². The van der Waals surface area contributed by atoms with Gasteiger partial charge in [0.1, 0.15) is 0 Å². The molecule has 1 unspecified atom stereocenters. The number of rotatable bonds is 5. The number of hydrogen-bond donors (Lipinski definition) is 1. The third-order valence-corrected chi connectivity index (χ3v) is 2.93. The molecule has 0 aliphatic heterocycles. The molecule has 0 saturated carbocycles. The minimum atomic E-state index is 0.0165. The molecular formula is C14H19N5. The predicted octanol–water partition coefficient (Wildman–Crippen LogP) is 1.97. The molecule has 2 heterocycles. The van der Waals surface area contributed by atoms with E-state index in [1.807, 2.05) is 13.8 Å². The highest BCUT2D eigenvalue weighted by Crippen LogP contribution is 2.22. The van der Waals surface area contributed by atoms with Crippen molar-refractivity contribution in [1.82, 2.24) is 25.5 Å². The van der Waals surface area contributed by atoms with E-state index < -0.39 is 0 Å². The van der Waals surface area contributed by atoms with Crippen molar-refractivity contribution in [2.75, 3.05) is 6.54 Å². The summed E-state index contributed by atoms with van der Waals surface area (Å²) in [5, 5.41) is 11.8. The molecule has 0 spiro atoms. The first kappa shape index (κ1) is 13.5. The van der Waals surface area contributed by atoms with Crippen LogP contribution in [0.1, 0.15) is 42.0 Å². The van der Waals surface area contributed by atoms with Crippen LogP contribution in [0, 0.1) is 13.8 Å². The van der Waals surface area contributed by atoms with Gasteiger partial charge in [-0.2, -0.15) is 10.2 Å². The Morgan fingerprint density at radius 1 is 1.21 bits per heavy atom. The summed E-state index contributed by atoms with van der Waals surface area (Å²) in [5.74, 6) is 0. The molecule has 0 amide bonds. The fraction of sp³-hybridized carbons (Fsp3) is 0.429. The molecule has 0 fully saturated rings. The molecule has 1 atom stereocenters. The zero-order valence-electron chi connectivity index (χ0n) is 11.6. The van der Waals surface area contributed by atoms with Crippen LogP contribution >= 0.6 is 0 Å². The van der Waals surface area contributed by atoms with Gasteiger partial charge in [0.15, 0.2) is 0 Å². The van der Waals surface area contributed by atoms with Gasteiger partial charge >= 0.3 is 0 Å². The summed E-state index contributed by atoms with van der Waals surface area (Å²) in [6.45, 7) is 6.98. The van der Waals surface area contributed by atoms with Crippen molar-refractivity contribution in [3.8, 4) is 0 Å². The van der Waals surface area contributed by atoms with E-state index in [0.717, 1.165) is 35.6 Å². The lowest BCUT2D eigenvalue weighted by Gasteiger charge is -2.19. The van der Waals surface area contributed by atoms with Crippen LogP contribution in [0.5, 0.6) is 0 Å². The molecule has 0 bridgehead atoms. The average molecular weight is 257 g/mol. The van der Waals surface area contributed by atoms with Crippen LogP contribution < -0.4 is 5.32 Å². The molecule has 0 aliphatic carbocycles.